The molecule has 0 radical (unpaired) electrons. The van der Waals surface area contributed by atoms with Gasteiger partial charge in [-0.15, -0.1) is 0 Å². The average molecular weight is 392 g/mol. The summed E-state index contributed by atoms with van der Waals surface area (Å²) in [7, 11) is 0. The smallest absolute Gasteiger partial charge is 0.314 e. The molecule has 0 spiro atoms. The third-order valence-electron chi connectivity index (χ3n) is 2.39. The summed E-state index contributed by atoms with van der Waals surface area (Å²) in [6, 6.07) is 10.8. The van der Waals surface area contributed by atoms with Crippen LogP contribution in [0.2, 0.25) is 0 Å². The fourth-order valence-electron chi connectivity index (χ4n) is 1.52. The molecule has 0 atom stereocenters. The summed E-state index contributed by atoms with van der Waals surface area (Å²) in [6.45, 7) is 0. The van der Waals surface area contributed by atoms with Crippen LogP contribution in [0.5, 0.6) is 11.6 Å². The van der Waals surface area contributed by atoms with Gasteiger partial charge in [-0.05, 0) is 34.7 Å². The highest BCUT2D eigenvalue weighted by atomic mass is 127. The van der Waals surface area contributed by atoms with Gasteiger partial charge in [-0.1, -0.05) is 6.07 Å². The standard InChI is InChI=1S/C13H5IN4O3/c14-10-4-8(6-15)5-11(18(19)20)13(10)21-12-3-1-2-9(7-16)17-12/h1-5H. The van der Waals surface area contributed by atoms with E-state index in [9.17, 15) is 10.1 Å². The van der Waals surface area contributed by atoms with E-state index in [-0.39, 0.29) is 28.6 Å². The van der Waals surface area contributed by atoms with E-state index in [0.29, 0.717) is 3.57 Å². The van der Waals surface area contributed by atoms with Gasteiger partial charge in [0.15, 0.2) is 0 Å². The minimum atomic E-state index is -0.632. The Bertz CT molecular complexity index is 808. The van der Waals surface area contributed by atoms with E-state index < -0.39 is 4.92 Å². The predicted octanol–water partition coefficient (Wildman–Crippen LogP) is 3.13. The first-order valence-electron chi connectivity index (χ1n) is 5.48. The maximum atomic E-state index is 11.1. The number of pyridine rings is 1. The molecule has 21 heavy (non-hydrogen) atoms. The normalized spacial score (nSPS) is 9.48. The second-order valence-electron chi connectivity index (χ2n) is 3.75. The maximum absolute atomic E-state index is 11.1. The van der Waals surface area contributed by atoms with E-state index in [0.717, 1.165) is 6.07 Å². The van der Waals surface area contributed by atoms with Crippen molar-refractivity contribution in [3.8, 4) is 23.8 Å². The van der Waals surface area contributed by atoms with Crippen LogP contribution in [-0.4, -0.2) is 9.91 Å². The molecule has 1 heterocycles. The summed E-state index contributed by atoms with van der Waals surface area (Å²) in [5, 5.41) is 28.7. The lowest BCUT2D eigenvalue weighted by atomic mass is 10.2. The Morgan fingerprint density at radius 1 is 1.29 bits per heavy atom. The molecule has 8 heteroatoms. The van der Waals surface area contributed by atoms with Gasteiger partial charge in [0.05, 0.1) is 20.1 Å². The molecule has 1 aromatic heterocycles. The number of nitro benzene ring substituents is 1. The molecule has 2 aromatic rings. The first-order valence-corrected chi connectivity index (χ1v) is 6.56. The van der Waals surface area contributed by atoms with Crippen LogP contribution in [0.25, 0.3) is 0 Å². The fraction of sp³-hybridized carbons (Fsp3) is 0. The molecule has 0 N–H and O–H groups in total. The number of halogens is 1. The predicted molar refractivity (Wildman–Crippen MR) is 79.6 cm³/mol. The number of rotatable bonds is 3. The summed E-state index contributed by atoms with van der Waals surface area (Å²) in [6.07, 6.45) is 0. The molecule has 0 aliphatic carbocycles. The molecule has 2 rings (SSSR count). The largest absolute Gasteiger partial charge is 0.431 e. The van der Waals surface area contributed by atoms with Crippen LogP contribution < -0.4 is 4.74 Å². The van der Waals surface area contributed by atoms with Crippen LogP contribution in [0, 0.1) is 36.3 Å². The van der Waals surface area contributed by atoms with Crippen molar-refractivity contribution in [3.63, 3.8) is 0 Å². The zero-order valence-electron chi connectivity index (χ0n) is 10.3. The number of nitrogens with zero attached hydrogens (tertiary/aromatic N) is 4. The zero-order valence-corrected chi connectivity index (χ0v) is 12.4. The highest BCUT2D eigenvalue weighted by Gasteiger charge is 2.21. The van der Waals surface area contributed by atoms with Gasteiger partial charge in [-0.25, -0.2) is 4.98 Å². The van der Waals surface area contributed by atoms with Gasteiger partial charge in [0.2, 0.25) is 11.6 Å². The molecule has 102 valence electrons. The van der Waals surface area contributed by atoms with Crippen molar-refractivity contribution in [2.24, 2.45) is 0 Å². The van der Waals surface area contributed by atoms with E-state index in [1.807, 2.05) is 34.7 Å². The van der Waals surface area contributed by atoms with Crippen molar-refractivity contribution in [2.45, 2.75) is 0 Å². The minimum absolute atomic E-state index is 0.0119. The minimum Gasteiger partial charge on any atom is -0.431 e. The second kappa shape index (κ2) is 6.15. The van der Waals surface area contributed by atoms with Gasteiger partial charge in [0, 0.05) is 12.1 Å². The monoisotopic (exact) mass is 392 g/mol. The fourth-order valence-corrected chi connectivity index (χ4v) is 2.24. The summed E-state index contributed by atoms with van der Waals surface area (Å²) in [5.74, 6) is 0.0574. The topological polar surface area (TPSA) is 113 Å². The summed E-state index contributed by atoms with van der Waals surface area (Å²) in [4.78, 5) is 14.4. The molecule has 0 unspecified atom stereocenters. The van der Waals surface area contributed by atoms with E-state index in [4.69, 9.17) is 15.3 Å². The Labute approximate surface area is 132 Å². The number of hydrogen-bond donors (Lipinski definition) is 0. The first-order chi connectivity index (χ1) is 10.0. The summed E-state index contributed by atoms with van der Waals surface area (Å²) in [5.41, 5.74) is -0.0291. The van der Waals surface area contributed by atoms with Crippen molar-refractivity contribution in [1.29, 1.82) is 10.5 Å². The van der Waals surface area contributed by atoms with Crippen molar-refractivity contribution in [2.75, 3.05) is 0 Å². The van der Waals surface area contributed by atoms with Crippen LogP contribution >= 0.6 is 22.6 Å². The van der Waals surface area contributed by atoms with Crippen molar-refractivity contribution in [3.05, 3.63) is 55.3 Å². The molecule has 0 aliphatic heterocycles. The van der Waals surface area contributed by atoms with Gasteiger partial charge in [0.1, 0.15) is 11.8 Å². The van der Waals surface area contributed by atoms with E-state index in [2.05, 4.69) is 4.98 Å². The van der Waals surface area contributed by atoms with E-state index in [1.165, 1.54) is 18.2 Å². The molecular weight excluding hydrogens is 387 g/mol. The van der Waals surface area contributed by atoms with Gasteiger partial charge in [-0.2, -0.15) is 10.5 Å². The lowest BCUT2D eigenvalue weighted by Gasteiger charge is -2.08. The number of nitro groups is 1. The molecule has 0 bridgehead atoms. The number of aromatic nitrogens is 1. The Kier molecular flexibility index (Phi) is 4.30. The molecule has 0 fully saturated rings. The van der Waals surface area contributed by atoms with E-state index >= 15 is 0 Å². The van der Waals surface area contributed by atoms with Crippen LogP contribution in [0.15, 0.2) is 30.3 Å². The number of nitriles is 2. The summed E-state index contributed by atoms with van der Waals surface area (Å²) >= 11 is 1.84. The Balaban J connectivity index is 2.51. The zero-order chi connectivity index (χ0) is 15.4. The van der Waals surface area contributed by atoms with Gasteiger partial charge >= 0.3 is 5.69 Å². The highest BCUT2D eigenvalue weighted by Crippen LogP contribution is 2.36. The highest BCUT2D eigenvalue weighted by molar-refractivity contribution is 14.1. The Morgan fingerprint density at radius 2 is 2.05 bits per heavy atom. The average Bonchev–Trinajstić information content (AvgIpc) is 2.49. The lowest BCUT2D eigenvalue weighted by molar-refractivity contribution is -0.385. The molecular formula is C13H5IN4O3. The third kappa shape index (κ3) is 3.24. The molecule has 0 amide bonds. The first kappa shape index (κ1) is 14.7. The van der Waals surface area contributed by atoms with Gasteiger partial charge < -0.3 is 4.74 Å². The lowest BCUT2D eigenvalue weighted by Crippen LogP contribution is -1.98. The van der Waals surface area contributed by atoms with Crippen molar-refractivity contribution in [1.82, 2.24) is 4.98 Å². The number of ether oxygens (including phenoxy) is 1. The second-order valence-corrected chi connectivity index (χ2v) is 4.91. The quantitative estimate of drug-likeness (QED) is 0.451. The van der Waals surface area contributed by atoms with Crippen LogP contribution in [0.1, 0.15) is 11.3 Å². The van der Waals surface area contributed by atoms with E-state index in [1.54, 1.807) is 6.07 Å². The SMILES string of the molecule is N#Cc1cc(I)c(Oc2cccc(C#N)n2)c([N+](=O)[O-])c1. The van der Waals surface area contributed by atoms with Gasteiger partial charge in [-0.3, -0.25) is 10.1 Å². The molecule has 7 nitrogen and oxygen atoms in total. The number of hydrogen-bond acceptors (Lipinski definition) is 6. The maximum Gasteiger partial charge on any atom is 0.314 e. The summed E-state index contributed by atoms with van der Waals surface area (Å²) < 4.78 is 5.83. The van der Waals surface area contributed by atoms with Crippen LogP contribution in [0.3, 0.4) is 0 Å². The van der Waals surface area contributed by atoms with Crippen LogP contribution in [-0.2, 0) is 0 Å². The molecule has 1 aromatic carbocycles. The van der Waals surface area contributed by atoms with Crippen molar-refractivity contribution >= 4 is 28.3 Å². The molecule has 0 aliphatic rings. The Hall–Kier alpha value is -2.72. The Morgan fingerprint density at radius 3 is 2.67 bits per heavy atom. The number of benzene rings is 1. The third-order valence-corrected chi connectivity index (χ3v) is 3.20. The van der Waals surface area contributed by atoms with Crippen molar-refractivity contribution < 1.29 is 9.66 Å². The molecule has 0 saturated heterocycles. The van der Waals surface area contributed by atoms with Gasteiger partial charge in [0.25, 0.3) is 0 Å². The molecule has 0 saturated carbocycles. The van der Waals surface area contributed by atoms with Crippen LogP contribution in [0.4, 0.5) is 5.69 Å².